The summed E-state index contributed by atoms with van der Waals surface area (Å²) in [5.41, 5.74) is 12.5. The van der Waals surface area contributed by atoms with Crippen LogP contribution in [0.1, 0.15) is 0 Å². The van der Waals surface area contributed by atoms with Gasteiger partial charge in [0.2, 0.25) is 0 Å². The van der Waals surface area contributed by atoms with Gasteiger partial charge in [0.05, 0.1) is 38.0 Å². The van der Waals surface area contributed by atoms with E-state index in [1.165, 1.54) is 21.0 Å². The minimum absolute atomic E-state index is 0.802. The maximum absolute atomic E-state index is 6.46. The number of para-hydroxylation sites is 4. The Kier molecular flexibility index (Phi) is 5.20. The van der Waals surface area contributed by atoms with Crippen LogP contribution in [0.2, 0.25) is 0 Å². The predicted molar refractivity (Wildman–Crippen MR) is 198 cm³/mol. The van der Waals surface area contributed by atoms with E-state index in [0.717, 1.165) is 77.0 Å². The Morgan fingerprint density at radius 2 is 1.29 bits per heavy atom. The molecule has 0 unspecified atom stereocenters. The molecule has 0 radical (unpaired) electrons. The number of aromatic nitrogens is 4. The number of hydrogen-bond acceptors (Lipinski definition) is 4. The molecule has 5 aromatic heterocycles. The van der Waals surface area contributed by atoms with Crippen LogP contribution < -0.4 is 0 Å². The molecule has 0 aliphatic rings. The average Bonchev–Trinajstić information content (AvgIpc) is 3.89. The Bertz CT molecular complexity index is 3090. The highest BCUT2D eigenvalue weighted by Crippen LogP contribution is 2.44. The van der Waals surface area contributed by atoms with Crippen molar-refractivity contribution in [2.75, 3.05) is 0 Å². The summed E-state index contributed by atoms with van der Waals surface area (Å²) in [4.78, 5) is 11.0. The molecular weight excluding hydrogens is 609 g/mol. The van der Waals surface area contributed by atoms with Crippen molar-refractivity contribution in [1.82, 2.24) is 18.9 Å². The highest BCUT2D eigenvalue weighted by atomic mass is 32.1. The van der Waals surface area contributed by atoms with Crippen LogP contribution in [0.4, 0.5) is 0 Å². The van der Waals surface area contributed by atoms with Gasteiger partial charge in [-0.1, -0.05) is 102 Å². The first-order valence-electron chi connectivity index (χ1n) is 16.0. The van der Waals surface area contributed by atoms with E-state index in [-0.39, 0.29) is 0 Å². The molecule has 6 heteroatoms. The molecule has 6 aromatic carbocycles. The van der Waals surface area contributed by atoms with Crippen molar-refractivity contribution in [1.29, 1.82) is 0 Å². The minimum atomic E-state index is 0.802. The smallest absolute Gasteiger partial charge is 0.195 e. The van der Waals surface area contributed by atoms with Gasteiger partial charge in [0.25, 0.3) is 0 Å². The van der Waals surface area contributed by atoms with Gasteiger partial charge in [0.15, 0.2) is 10.5 Å². The second-order valence-corrected chi connectivity index (χ2v) is 13.2. The van der Waals surface area contributed by atoms with Crippen LogP contribution in [0.15, 0.2) is 150 Å². The van der Waals surface area contributed by atoms with E-state index >= 15 is 0 Å². The fourth-order valence-electron chi connectivity index (χ4n) is 7.64. The summed E-state index contributed by atoms with van der Waals surface area (Å²) < 4.78 is 12.5. The second kappa shape index (κ2) is 9.64. The molecule has 0 spiro atoms. The van der Waals surface area contributed by atoms with Crippen LogP contribution in [0.25, 0.3) is 98.0 Å². The third-order valence-corrected chi connectivity index (χ3v) is 10.7. The molecule has 0 atom stereocenters. The summed E-state index contributed by atoms with van der Waals surface area (Å²) in [5.74, 6) is 0. The number of furan rings is 1. The van der Waals surface area contributed by atoms with Gasteiger partial charge in [0.1, 0.15) is 11.3 Å². The van der Waals surface area contributed by atoms with Crippen LogP contribution in [0.5, 0.6) is 0 Å². The Balaban J connectivity index is 1.22. The maximum Gasteiger partial charge on any atom is 0.195 e. The Morgan fingerprint density at radius 3 is 2.21 bits per heavy atom. The van der Waals surface area contributed by atoms with Crippen LogP contribution >= 0.6 is 11.3 Å². The lowest BCUT2D eigenvalue weighted by atomic mass is 9.95. The molecule has 0 saturated carbocycles. The monoisotopic (exact) mass is 632 g/mol. The number of pyridine rings is 1. The van der Waals surface area contributed by atoms with Gasteiger partial charge < -0.3 is 8.98 Å². The first-order chi connectivity index (χ1) is 23.8. The molecule has 0 bridgehead atoms. The summed E-state index contributed by atoms with van der Waals surface area (Å²) in [5, 5.41) is 4.57. The molecule has 48 heavy (non-hydrogen) atoms. The fourth-order valence-corrected chi connectivity index (χ4v) is 8.67. The van der Waals surface area contributed by atoms with Gasteiger partial charge in [-0.2, -0.15) is 0 Å². The zero-order chi connectivity index (χ0) is 31.3. The molecule has 11 aromatic rings. The summed E-state index contributed by atoms with van der Waals surface area (Å²) in [6.07, 6.45) is 1.89. The van der Waals surface area contributed by atoms with Crippen molar-refractivity contribution >= 4 is 81.3 Å². The van der Waals surface area contributed by atoms with E-state index in [1.807, 2.05) is 24.4 Å². The summed E-state index contributed by atoms with van der Waals surface area (Å²) in [7, 11) is 0. The van der Waals surface area contributed by atoms with Crippen molar-refractivity contribution in [3.05, 3.63) is 146 Å². The predicted octanol–water partition coefficient (Wildman–Crippen LogP) is 11.4. The van der Waals surface area contributed by atoms with Gasteiger partial charge in [0, 0.05) is 38.9 Å². The molecule has 224 valence electrons. The third-order valence-electron chi connectivity index (χ3n) is 9.64. The first kappa shape index (κ1) is 25.9. The fraction of sp³-hybridized carbons (Fsp3) is 0. The number of benzene rings is 6. The Morgan fingerprint density at radius 1 is 0.562 bits per heavy atom. The summed E-state index contributed by atoms with van der Waals surface area (Å²) >= 11 is 1.74. The van der Waals surface area contributed by atoms with Crippen LogP contribution in [0, 0.1) is 0 Å². The topological polar surface area (TPSA) is 48.3 Å². The van der Waals surface area contributed by atoms with E-state index in [4.69, 9.17) is 14.4 Å². The zero-order valence-electron chi connectivity index (χ0n) is 25.5. The van der Waals surface area contributed by atoms with E-state index < -0.39 is 0 Å². The molecule has 0 aliphatic heterocycles. The largest absolute Gasteiger partial charge is 0.454 e. The van der Waals surface area contributed by atoms with E-state index in [9.17, 15) is 0 Å². The van der Waals surface area contributed by atoms with Crippen molar-refractivity contribution < 1.29 is 4.42 Å². The maximum atomic E-state index is 6.46. The molecular formula is C42H24N4OS. The standard InChI is InChI=1S/C42H24N4OS/c1-2-14-28(39-41-29(23-24-43-39)27-13-5-9-19-36(27)47-41)25(11-1)26-12-3-6-16-32(26)45-33-17-7-4-15-30(33)38-35(45)22-21-31-40(38)46-34-18-8-10-20-37(34)48-42(46)44-31/h1-24H. The summed E-state index contributed by atoms with van der Waals surface area (Å²) in [6, 6.07) is 49.2. The van der Waals surface area contributed by atoms with Gasteiger partial charge in [-0.25, -0.2) is 4.98 Å². The lowest BCUT2D eigenvalue weighted by Crippen LogP contribution is -1.98. The molecule has 5 heterocycles. The molecule has 11 rings (SSSR count). The normalized spacial score (nSPS) is 12.2. The number of imidazole rings is 1. The molecule has 0 amide bonds. The van der Waals surface area contributed by atoms with Gasteiger partial charge >= 0.3 is 0 Å². The number of hydrogen-bond donors (Lipinski definition) is 0. The molecule has 0 N–H and O–H groups in total. The molecule has 5 nitrogen and oxygen atoms in total. The lowest BCUT2D eigenvalue weighted by molar-refractivity contribution is 0.668. The Labute approximate surface area is 277 Å². The molecule has 0 saturated heterocycles. The van der Waals surface area contributed by atoms with E-state index in [0.29, 0.717) is 0 Å². The minimum Gasteiger partial charge on any atom is -0.454 e. The first-order valence-corrected chi connectivity index (χ1v) is 16.8. The van der Waals surface area contributed by atoms with Crippen molar-refractivity contribution in [3.63, 3.8) is 0 Å². The van der Waals surface area contributed by atoms with Crippen molar-refractivity contribution in [2.24, 2.45) is 0 Å². The summed E-state index contributed by atoms with van der Waals surface area (Å²) in [6.45, 7) is 0. The Hall–Kier alpha value is -6.24. The number of rotatable bonds is 3. The van der Waals surface area contributed by atoms with Crippen LogP contribution in [-0.2, 0) is 0 Å². The van der Waals surface area contributed by atoms with Crippen molar-refractivity contribution in [3.8, 4) is 28.1 Å². The number of thiazole rings is 1. The van der Waals surface area contributed by atoms with Gasteiger partial charge in [-0.3, -0.25) is 9.38 Å². The van der Waals surface area contributed by atoms with Gasteiger partial charge in [-0.05, 0) is 54.1 Å². The van der Waals surface area contributed by atoms with Crippen molar-refractivity contribution in [2.45, 2.75) is 0 Å². The van der Waals surface area contributed by atoms with E-state index in [2.05, 4.69) is 130 Å². The highest BCUT2D eigenvalue weighted by molar-refractivity contribution is 7.23. The van der Waals surface area contributed by atoms with Gasteiger partial charge in [-0.15, -0.1) is 0 Å². The van der Waals surface area contributed by atoms with Crippen LogP contribution in [0.3, 0.4) is 0 Å². The molecule has 0 aliphatic carbocycles. The molecule has 0 fully saturated rings. The third kappa shape index (κ3) is 3.44. The number of nitrogens with zero attached hydrogens (tertiary/aromatic N) is 4. The lowest BCUT2D eigenvalue weighted by Gasteiger charge is -2.16. The van der Waals surface area contributed by atoms with E-state index in [1.54, 1.807) is 11.3 Å². The zero-order valence-corrected chi connectivity index (χ0v) is 26.3. The highest BCUT2D eigenvalue weighted by Gasteiger charge is 2.23. The number of fused-ring (bicyclic) bond motifs is 12. The second-order valence-electron chi connectivity index (χ2n) is 12.2. The van der Waals surface area contributed by atoms with Crippen LogP contribution in [-0.4, -0.2) is 18.9 Å². The SMILES string of the molecule is c1ccc(-c2nccc3c2oc2ccccc23)c(-c2ccccc2-n2c3ccccc3c3c2ccc2nc4sc5ccccc5n4c23)c1. The quantitative estimate of drug-likeness (QED) is 0.195. The average molecular weight is 633 g/mol.